The molecule has 0 saturated carbocycles. The summed E-state index contributed by atoms with van der Waals surface area (Å²) in [5.74, 6) is -4.83. The number of benzene rings is 21. The van der Waals surface area contributed by atoms with Crippen LogP contribution in [0.5, 0.6) is 23.0 Å². The number of Topliss-reactive ketones (excluding diaryl/α,β-unsaturated/α-hetero) is 2. The summed E-state index contributed by atoms with van der Waals surface area (Å²) in [4.78, 5) is 185. The van der Waals surface area contributed by atoms with Crippen LogP contribution < -0.4 is 9.47 Å². The Morgan fingerprint density at radius 2 is 0.528 bits per heavy atom. The van der Waals surface area contributed by atoms with Gasteiger partial charge in [0.05, 0.1) is 36.4 Å². The smallest absolute Gasteiger partial charge is 0.338 e. The number of hydrogen-bond donors (Lipinski definition) is 0. The highest BCUT2D eigenvalue weighted by atomic mass is 16.5. The quantitative estimate of drug-likeness (QED) is 0.0122. The lowest BCUT2D eigenvalue weighted by atomic mass is 9.81. The second kappa shape index (κ2) is 33.9. The first-order valence-corrected chi connectivity index (χ1v) is 48.5. The fraction of sp³-hybridized carbons (Fsp3) is 0.129. The van der Waals surface area contributed by atoms with Crippen LogP contribution in [0.2, 0.25) is 0 Å². The Labute approximate surface area is 822 Å². The predicted octanol–water partition coefficient (Wildman–Crippen LogP) is 26.2. The van der Waals surface area contributed by atoms with Gasteiger partial charge in [-0.1, -0.05) is 239 Å². The molecule has 20 nitrogen and oxygen atoms in total. The van der Waals surface area contributed by atoms with Crippen molar-refractivity contribution < 1.29 is 76.5 Å². The summed E-state index contributed by atoms with van der Waals surface area (Å²) in [7, 11) is 0. The number of hydrogen-bond acceptors (Lipinski definition) is 16. The van der Waals surface area contributed by atoms with Crippen LogP contribution in [-0.2, 0) is 22.3 Å². The number of unbranched alkanes of at least 4 members (excludes halogenated alkanes) is 2. The average molecular weight is 1890 g/mol. The molecular formula is C124H84N4O16. The van der Waals surface area contributed by atoms with Crippen LogP contribution in [0.3, 0.4) is 0 Å². The first-order valence-electron chi connectivity index (χ1n) is 48.5. The molecule has 0 bridgehead atoms. The van der Waals surface area contributed by atoms with Crippen molar-refractivity contribution in [3.05, 3.63) is 403 Å². The van der Waals surface area contributed by atoms with E-state index in [1.54, 1.807) is 109 Å². The van der Waals surface area contributed by atoms with Gasteiger partial charge < -0.3 is 18.9 Å². The molecule has 0 aliphatic carbocycles. The number of nitrogens with zero attached hydrogens (tertiary/aromatic N) is 4. The zero-order valence-corrected chi connectivity index (χ0v) is 78.4. The van der Waals surface area contributed by atoms with Gasteiger partial charge in [-0.3, -0.25) is 67.5 Å². The standard InChI is InChI=1S/C124H84N4O16/c1-5-7-61-141-123(139)94-56-47-85-109-97(143-73-33-29-67(30-34-73)57-59-125-115(131)86-48-38-76-80-42-52-90-106-91(53-43-81(102(80)106)77-39-49-87(116(125)132)104(86)100(76)77)120(136)127(119(90)135)113(69-21-13-9-14-22-69)70-23-15-10-16-24-70)63-95(66(4)130)99-75(65(3)129)37-46-84(111(99)109)110-98(64-96(108(94)112(85)110)124(140)142-62-8-6-2)144-74-35-31-68(32-36-74)58-60-126-117(133)88-50-40-78-82-44-54-92-107-93(55-45-83(103(82)107)79-41-51-89(118(126)134)105(88)101(78)79)122(138)128(121(92)137)114(71-25-17-11-18-26-71)72-27-19-12-20-28-72/h9-56,63-64,113-114H,5-8,57-62H2,1-4H3. The zero-order chi connectivity index (χ0) is 98.2. The van der Waals surface area contributed by atoms with E-state index in [1.165, 1.54) is 33.4 Å². The fourth-order valence-corrected chi connectivity index (χ4v) is 23.1. The Bertz CT molecular complexity index is 8970. The van der Waals surface area contributed by atoms with Crippen molar-refractivity contribution in [2.75, 3.05) is 26.3 Å². The maximum Gasteiger partial charge on any atom is 0.338 e. The van der Waals surface area contributed by atoms with E-state index in [0.29, 0.717) is 135 Å². The molecule has 0 fully saturated rings. The van der Waals surface area contributed by atoms with Crippen LogP contribution >= 0.6 is 0 Å². The number of ketones is 2. The molecule has 0 radical (unpaired) electrons. The Kier molecular flexibility index (Phi) is 20.6. The summed E-state index contributed by atoms with van der Waals surface area (Å²) >= 11 is 0. The van der Waals surface area contributed by atoms with Crippen LogP contribution in [0, 0.1) is 0 Å². The van der Waals surface area contributed by atoms with Crippen molar-refractivity contribution in [2.45, 2.75) is 78.3 Å². The molecule has 8 amide bonds. The minimum atomic E-state index is -0.752. The second-order valence-electron chi connectivity index (χ2n) is 37.7. The van der Waals surface area contributed by atoms with Gasteiger partial charge in [0.25, 0.3) is 47.3 Å². The van der Waals surface area contributed by atoms with E-state index in [2.05, 4.69) is 0 Å². The van der Waals surface area contributed by atoms with E-state index in [0.717, 1.165) is 104 Å². The van der Waals surface area contributed by atoms with Crippen molar-refractivity contribution in [3.8, 4) is 23.0 Å². The largest absolute Gasteiger partial charge is 0.462 e. The fourth-order valence-electron chi connectivity index (χ4n) is 23.1. The molecular weight excluding hydrogens is 1800 g/mol. The zero-order valence-electron chi connectivity index (χ0n) is 78.4. The van der Waals surface area contributed by atoms with Crippen molar-refractivity contribution >= 4 is 200 Å². The summed E-state index contributed by atoms with van der Waals surface area (Å²) < 4.78 is 26.3. The second-order valence-corrected chi connectivity index (χ2v) is 37.7. The van der Waals surface area contributed by atoms with Crippen LogP contribution in [0.1, 0.15) is 223 Å². The van der Waals surface area contributed by atoms with Crippen LogP contribution in [0.25, 0.3) is 129 Å². The molecule has 0 unspecified atom stereocenters. The topological polar surface area (TPSA) is 255 Å². The predicted molar refractivity (Wildman–Crippen MR) is 555 cm³/mol. The number of ether oxygens (including phenoxy) is 4. The number of esters is 2. The van der Waals surface area contributed by atoms with E-state index < -0.39 is 71.3 Å². The van der Waals surface area contributed by atoms with Crippen molar-refractivity contribution in [3.63, 3.8) is 0 Å². The van der Waals surface area contributed by atoms with E-state index in [-0.39, 0.29) is 89.9 Å². The Morgan fingerprint density at radius 3 is 0.826 bits per heavy atom. The molecule has 20 heteroatoms. The Hall–Kier alpha value is -18.0. The molecule has 696 valence electrons. The van der Waals surface area contributed by atoms with Gasteiger partial charge in [-0.25, -0.2) is 9.59 Å². The molecule has 4 heterocycles. The molecule has 0 saturated heterocycles. The van der Waals surface area contributed by atoms with Gasteiger partial charge >= 0.3 is 11.9 Å². The molecule has 0 N–H and O–H groups in total. The van der Waals surface area contributed by atoms with Crippen LogP contribution in [0.4, 0.5) is 0 Å². The SMILES string of the molecule is CCCCOC(=O)c1ccc2c3c(Oc4ccc(CCN5C(=O)c6ccc7c8ccc9c%10c(ccc(c%11ccc(c6c7%11)C5=O)c%108)C(=O)N(C(c5ccccc5)c5ccccc5)C9=O)cc4)cc(C(C)=O)c4c(C(C)=O)ccc(c5c(Oc6ccc(CCN7C(=O)c8ccc9c%10ccc%11c%12c(ccc(c%13ccc(c8c9%13)C7=O)c%12%10)C(=O)N(C(c7ccccc7)c7ccccc7)C%11=O)cc6)cc(C(=O)OCCCC)c1c25)c43. The molecule has 21 aromatic carbocycles. The van der Waals surface area contributed by atoms with E-state index in [9.17, 15) is 14.4 Å². The van der Waals surface area contributed by atoms with Gasteiger partial charge in [0.15, 0.2) is 11.6 Å². The van der Waals surface area contributed by atoms with Gasteiger partial charge in [0.1, 0.15) is 23.0 Å². The molecule has 0 atom stereocenters. The molecule has 25 rings (SSSR count). The summed E-state index contributed by atoms with van der Waals surface area (Å²) in [6.45, 7) is 6.91. The molecule has 0 spiro atoms. The lowest BCUT2D eigenvalue weighted by molar-refractivity contribution is 0.0494. The molecule has 0 aromatic heterocycles. The minimum absolute atomic E-state index is 0.000101. The highest BCUT2D eigenvalue weighted by molar-refractivity contribution is 6.45. The third-order valence-corrected chi connectivity index (χ3v) is 29.7. The van der Waals surface area contributed by atoms with Crippen molar-refractivity contribution in [2.24, 2.45) is 0 Å². The van der Waals surface area contributed by atoms with Gasteiger partial charge in [-0.05, 0) is 239 Å². The maximum atomic E-state index is 15.2. The summed E-state index contributed by atoms with van der Waals surface area (Å²) in [5.41, 5.74) is 8.01. The third kappa shape index (κ3) is 13.3. The average Bonchev–Trinajstić information content (AvgIpc) is 0.692. The highest BCUT2D eigenvalue weighted by Gasteiger charge is 2.45. The lowest BCUT2D eigenvalue weighted by Gasteiger charge is -2.35. The van der Waals surface area contributed by atoms with Gasteiger partial charge in [-0.2, -0.15) is 0 Å². The van der Waals surface area contributed by atoms with Crippen LogP contribution in [-0.4, -0.2) is 117 Å². The number of fused-ring (bicyclic) bond motifs is 6. The Balaban J connectivity index is 0.522. The molecule has 4 aliphatic heterocycles. The van der Waals surface area contributed by atoms with E-state index in [4.69, 9.17) is 18.9 Å². The number of amides is 8. The van der Waals surface area contributed by atoms with Gasteiger partial charge in [-0.15, -0.1) is 0 Å². The monoisotopic (exact) mass is 1880 g/mol. The Morgan fingerprint density at radius 1 is 0.257 bits per heavy atom. The van der Waals surface area contributed by atoms with Crippen molar-refractivity contribution in [1.29, 1.82) is 0 Å². The third-order valence-electron chi connectivity index (χ3n) is 29.7. The van der Waals surface area contributed by atoms with E-state index >= 15 is 43.2 Å². The minimum Gasteiger partial charge on any atom is -0.462 e. The normalized spacial score (nSPS) is 13.7. The molecule has 4 aliphatic rings. The number of rotatable bonds is 26. The number of carbonyl (C=O) groups excluding carboxylic acids is 12. The highest BCUT2D eigenvalue weighted by Crippen LogP contribution is 2.55. The maximum absolute atomic E-state index is 15.2. The van der Waals surface area contributed by atoms with Crippen molar-refractivity contribution in [1.82, 2.24) is 19.6 Å². The van der Waals surface area contributed by atoms with Gasteiger partial charge in [0.2, 0.25) is 0 Å². The molecule has 21 aromatic rings. The number of imide groups is 4. The first kappa shape index (κ1) is 87.5. The number of carbonyl (C=O) groups is 12. The first-order chi connectivity index (χ1) is 70.2. The van der Waals surface area contributed by atoms with E-state index in [1.807, 2.05) is 208 Å². The summed E-state index contributed by atoms with van der Waals surface area (Å²) in [5, 5.41) is 14.2. The lowest BCUT2D eigenvalue weighted by Crippen LogP contribution is -2.43. The summed E-state index contributed by atoms with van der Waals surface area (Å²) in [6, 6.07) is 90.2. The molecule has 144 heavy (non-hydrogen) atoms. The summed E-state index contributed by atoms with van der Waals surface area (Å²) in [6.07, 6.45) is 2.97. The van der Waals surface area contributed by atoms with Gasteiger partial charge in [0, 0.05) is 123 Å². The van der Waals surface area contributed by atoms with Crippen LogP contribution in [0.15, 0.2) is 303 Å².